The minimum Gasteiger partial charge on any atom is -0.385 e. The van der Waals surface area contributed by atoms with Gasteiger partial charge in [0.05, 0.1) is 0 Å². The smallest absolute Gasteiger partial charge is 0.265 e. The number of nitrogens with two attached hydrogens (primary N) is 1. The first-order valence-electron chi connectivity index (χ1n) is 5.40. The van der Waals surface area contributed by atoms with E-state index in [1.54, 1.807) is 0 Å². The number of aliphatic hydroxyl groups excluding tert-OH is 1. The maximum absolute atomic E-state index is 11.9. The molecular weight excluding hydrogens is 218 g/mol. The SMILES string of the molecule is CC(CCN)CCC(=O)NCC(O)C(F)F. The zero-order valence-corrected chi connectivity index (χ0v) is 9.46. The maximum atomic E-state index is 11.9. The van der Waals surface area contributed by atoms with Gasteiger partial charge in [0.1, 0.15) is 6.10 Å². The summed E-state index contributed by atoms with van der Waals surface area (Å²) in [6, 6.07) is 0. The quantitative estimate of drug-likeness (QED) is 0.576. The Morgan fingerprint density at radius 3 is 2.56 bits per heavy atom. The Labute approximate surface area is 94.2 Å². The Balaban J connectivity index is 3.59. The number of carbonyl (C=O) groups excluding carboxylic acids is 1. The Hall–Kier alpha value is -0.750. The van der Waals surface area contributed by atoms with E-state index in [-0.39, 0.29) is 12.3 Å². The molecule has 0 aromatic rings. The fourth-order valence-electron chi connectivity index (χ4n) is 1.20. The number of aliphatic hydroxyl groups is 1. The highest BCUT2D eigenvalue weighted by Gasteiger charge is 2.17. The molecule has 0 radical (unpaired) electrons. The van der Waals surface area contributed by atoms with Crippen molar-refractivity contribution in [1.29, 1.82) is 0 Å². The fraction of sp³-hybridized carbons (Fsp3) is 0.900. The van der Waals surface area contributed by atoms with Gasteiger partial charge >= 0.3 is 0 Å². The van der Waals surface area contributed by atoms with Gasteiger partial charge < -0.3 is 16.2 Å². The highest BCUT2D eigenvalue weighted by Crippen LogP contribution is 2.08. The normalized spacial score (nSPS) is 14.9. The number of amides is 1. The third kappa shape index (κ3) is 7.53. The van der Waals surface area contributed by atoms with Crippen LogP contribution in [0.4, 0.5) is 8.78 Å². The van der Waals surface area contributed by atoms with Gasteiger partial charge in [-0.25, -0.2) is 8.78 Å². The topological polar surface area (TPSA) is 75.4 Å². The summed E-state index contributed by atoms with van der Waals surface area (Å²) in [5.74, 6) is 0.0272. The van der Waals surface area contributed by atoms with Gasteiger partial charge in [0.2, 0.25) is 5.91 Å². The predicted molar refractivity (Wildman–Crippen MR) is 57.1 cm³/mol. The number of hydrogen-bond donors (Lipinski definition) is 3. The molecule has 0 aliphatic carbocycles. The molecule has 2 atom stereocenters. The van der Waals surface area contributed by atoms with E-state index in [0.29, 0.717) is 18.9 Å². The maximum Gasteiger partial charge on any atom is 0.265 e. The van der Waals surface area contributed by atoms with Crippen LogP contribution in [0.2, 0.25) is 0 Å². The molecule has 0 spiro atoms. The van der Waals surface area contributed by atoms with Crippen LogP contribution in [0.1, 0.15) is 26.2 Å². The largest absolute Gasteiger partial charge is 0.385 e. The summed E-state index contributed by atoms with van der Waals surface area (Å²) < 4.78 is 23.8. The van der Waals surface area contributed by atoms with Crippen molar-refractivity contribution >= 4 is 5.91 Å². The van der Waals surface area contributed by atoms with Gasteiger partial charge in [0.25, 0.3) is 6.43 Å². The molecular formula is C10H20F2N2O2. The second kappa shape index (κ2) is 8.41. The number of carbonyl (C=O) groups is 1. The van der Waals surface area contributed by atoms with Crippen LogP contribution < -0.4 is 11.1 Å². The number of halogens is 2. The second-order valence-corrected chi connectivity index (χ2v) is 3.93. The zero-order valence-electron chi connectivity index (χ0n) is 9.46. The van der Waals surface area contributed by atoms with Gasteiger partial charge in [-0.3, -0.25) is 4.79 Å². The number of hydrogen-bond acceptors (Lipinski definition) is 3. The third-order valence-electron chi connectivity index (χ3n) is 2.32. The van der Waals surface area contributed by atoms with Crippen molar-refractivity contribution < 1.29 is 18.7 Å². The Morgan fingerprint density at radius 1 is 1.44 bits per heavy atom. The average Bonchev–Trinajstić information content (AvgIpc) is 2.23. The number of rotatable bonds is 8. The Morgan fingerprint density at radius 2 is 2.06 bits per heavy atom. The van der Waals surface area contributed by atoms with Crippen molar-refractivity contribution in [1.82, 2.24) is 5.32 Å². The van der Waals surface area contributed by atoms with Crippen LogP contribution in [0, 0.1) is 5.92 Å². The van der Waals surface area contributed by atoms with E-state index in [1.807, 2.05) is 6.92 Å². The molecule has 0 aliphatic rings. The van der Waals surface area contributed by atoms with Crippen molar-refractivity contribution in [2.24, 2.45) is 11.7 Å². The molecule has 0 rings (SSSR count). The van der Waals surface area contributed by atoms with E-state index in [1.165, 1.54) is 0 Å². The molecule has 0 heterocycles. The van der Waals surface area contributed by atoms with Crippen LogP contribution in [0.5, 0.6) is 0 Å². The first kappa shape index (κ1) is 15.2. The minimum atomic E-state index is -2.82. The summed E-state index contributed by atoms with van der Waals surface area (Å²) in [7, 11) is 0. The van der Waals surface area contributed by atoms with Crippen LogP contribution in [0.3, 0.4) is 0 Å². The van der Waals surface area contributed by atoms with Gasteiger partial charge in [0, 0.05) is 13.0 Å². The summed E-state index contributed by atoms with van der Waals surface area (Å²) in [6.07, 6.45) is -2.82. The lowest BCUT2D eigenvalue weighted by Gasteiger charge is -2.12. The summed E-state index contributed by atoms with van der Waals surface area (Å²) in [5, 5.41) is 11.0. The molecule has 0 fully saturated rings. The Kier molecular flexibility index (Phi) is 8.01. The lowest BCUT2D eigenvalue weighted by molar-refractivity contribution is -0.122. The number of alkyl halides is 2. The molecule has 96 valence electrons. The summed E-state index contributed by atoms with van der Waals surface area (Å²) in [4.78, 5) is 11.2. The molecule has 0 saturated heterocycles. The van der Waals surface area contributed by atoms with Gasteiger partial charge in [-0.2, -0.15) is 0 Å². The van der Waals surface area contributed by atoms with Crippen LogP contribution in [0.25, 0.3) is 0 Å². The van der Waals surface area contributed by atoms with Gasteiger partial charge in [-0.15, -0.1) is 0 Å². The summed E-state index contributed by atoms with van der Waals surface area (Å²) in [6.45, 7) is 2.16. The van der Waals surface area contributed by atoms with Gasteiger partial charge in [-0.1, -0.05) is 6.92 Å². The second-order valence-electron chi connectivity index (χ2n) is 3.93. The van der Waals surface area contributed by atoms with E-state index in [2.05, 4.69) is 5.32 Å². The van der Waals surface area contributed by atoms with E-state index in [4.69, 9.17) is 10.8 Å². The molecule has 4 N–H and O–H groups in total. The lowest BCUT2D eigenvalue weighted by Crippen LogP contribution is -2.35. The third-order valence-corrected chi connectivity index (χ3v) is 2.32. The van der Waals surface area contributed by atoms with E-state index >= 15 is 0 Å². The molecule has 16 heavy (non-hydrogen) atoms. The van der Waals surface area contributed by atoms with E-state index < -0.39 is 19.1 Å². The highest BCUT2D eigenvalue weighted by atomic mass is 19.3. The minimum absolute atomic E-state index is 0.275. The van der Waals surface area contributed by atoms with Crippen molar-refractivity contribution in [3.8, 4) is 0 Å². The molecule has 2 unspecified atom stereocenters. The summed E-state index contributed by atoms with van der Waals surface area (Å²) in [5.41, 5.74) is 5.35. The Bertz CT molecular complexity index is 203. The predicted octanol–water partition coefficient (Wildman–Crippen LogP) is 0.494. The van der Waals surface area contributed by atoms with Crippen molar-refractivity contribution in [3.05, 3.63) is 0 Å². The van der Waals surface area contributed by atoms with Crippen LogP contribution >= 0.6 is 0 Å². The molecule has 4 nitrogen and oxygen atoms in total. The molecule has 0 saturated carbocycles. The first-order valence-corrected chi connectivity index (χ1v) is 5.40. The highest BCUT2D eigenvalue weighted by molar-refractivity contribution is 5.75. The lowest BCUT2D eigenvalue weighted by atomic mass is 10.0. The average molecular weight is 238 g/mol. The van der Waals surface area contributed by atoms with Crippen LogP contribution in [0.15, 0.2) is 0 Å². The van der Waals surface area contributed by atoms with Crippen molar-refractivity contribution in [2.45, 2.75) is 38.7 Å². The fourth-order valence-corrected chi connectivity index (χ4v) is 1.20. The van der Waals surface area contributed by atoms with Gasteiger partial charge in [0.15, 0.2) is 0 Å². The van der Waals surface area contributed by atoms with E-state index in [9.17, 15) is 13.6 Å². The van der Waals surface area contributed by atoms with Gasteiger partial charge in [-0.05, 0) is 25.3 Å². The molecule has 0 aromatic heterocycles. The standard InChI is InChI=1S/C10H20F2N2O2/c1-7(4-5-13)2-3-9(16)14-6-8(15)10(11)12/h7-8,10,15H,2-6,13H2,1H3,(H,14,16). The zero-order chi connectivity index (χ0) is 12.6. The first-order chi connectivity index (χ1) is 7.47. The van der Waals surface area contributed by atoms with Crippen molar-refractivity contribution in [2.75, 3.05) is 13.1 Å². The molecule has 6 heteroatoms. The molecule has 0 aliphatic heterocycles. The summed E-state index contributed by atoms with van der Waals surface area (Å²) >= 11 is 0. The monoisotopic (exact) mass is 238 g/mol. The molecule has 1 amide bonds. The molecule has 0 bridgehead atoms. The van der Waals surface area contributed by atoms with Crippen molar-refractivity contribution in [3.63, 3.8) is 0 Å². The molecule has 0 aromatic carbocycles. The van der Waals surface area contributed by atoms with E-state index in [0.717, 1.165) is 6.42 Å². The number of nitrogens with one attached hydrogen (secondary N) is 1. The van der Waals surface area contributed by atoms with Crippen LogP contribution in [-0.2, 0) is 4.79 Å². The van der Waals surface area contributed by atoms with Crippen LogP contribution in [-0.4, -0.2) is 36.6 Å².